The number of ether oxygens (including phenoxy) is 1. The molecule has 7 nitrogen and oxygen atoms in total. The molecule has 1 saturated carbocycles. The van der Waals surface area contributed by atoms with Crippen LogP contribution in [-0.4, -0.2) is 48.9 Å². The zero-order chi connectivity index (χ0) is 27.5. The highest BCUT2D eigenvalue weighted by Gasteiger charge is 2.39. The summed E-state index contributed by atoms with van der Waals surface area (Å²) >= 11 is 1.80. The number of rotatable bonds is 13. The van der Waals surface area contributed by atoms with Crippen LogP contribution in [0.15, 0.2) is 47.8 Å². The molecule has 1 atom stereocenters. The van der Waals surface area contributed by atoms with E-state index in [-0.39, 0.29) is 42.3 Å². The van der Waals surface area contributed by atoms with Gasteiger partial charge in [-0.15, -0.1) is 11.3 Å². The molecule has 0 bridgehead atoms. The highest BCUT2D eigenvalue weighted by Crippen LogP contribution is 2.43. The van der Waals surface area contributed by atoms with Gasteiger partial charge in [-0.05, 0) is 75.5 Å². The Labute approximate surface area is 231 Å². The number of nitrogens with one attached hydrogen (secondary N) is 2. The van der Waals surface area contributed by atoms with Crippen molar-refractivity contribution in [2.45, 2.75) is 89.4 Å². The molecular formula is C30H43N3O4S. The third-order valence-electron chi connectivity index (χ3n) is 7.37. The first kappa shape index (κ1) is 29.8. The molecule has 2 N–H and O–H groups in total. The number of thiophene rings is 1. The molecule has 8 heteroatoms. The molecule has 3 rings (SSSR count). The molecule has 2 aromatic rings. The molecule has 1 aromatic heterocycles. The largest absolute Gasteiger partial charge is 0.459 e. The molecule has 0 aliphatic heterocycles. The van der Waals surface area contributed by atoms with E-state index in [0.717, 1.165) is 31.2 Å². The van der Waals surface area contributed by atoms with Crippen LogP contribution in [0.5, 0.6) is 0 Å². The van der Waals surface area contributed by atoms with Crippen molar-refractivity contribution in [1.82, 2.24) is 15.5 Å². The van der Waals surface area contributed by atoms with Crippen LogP contribution >= 0.6 is 11.3 Å². The predicted octanol–water partition coefficient (Wildman–Crippen LogP) is 5.01. The maximum Gasteiger partial charge on any atom is 0.328 e. The van der Waals surface area contributed by atoms with Gasteiger partial charge in [0.25, 0.3) is 0 Å². The molecule has 0 saturated heterocycles. The SMILES string of the molecule is CC(C)CC(NC(=O)CCCC(=O)NC1CCC(c2cccs2)(N(C)C)CC1)C(=O)OCc1ccccc1. The van der Waals surface area contributed by atoms with Crippen LogP contribution in [0.25, 0.3) is 0 Å². The van der Waals surface area contributed by atoms with Gasteiger partial charge in [-0.3, -0.25) is 14.5 Å². The van der Waals surface area contributed by atoms with Crippen molar-refractivity contribution in [3.63, 3.8) is 0 Å². The van der Waals surface area contributed by atoms with Gasteiger partial charge in [-0.25, -0.2) is 4.79 Å². The highest BCUT2D eigenvalue weighted by atomic mass is 32.1. The number of nitrogens with zero attached hydrogens (tertiary/aromatic N) is 1. The third-order valence-corrected chi connectivity index (χ3v) is 8.44. The van der Waals surface area contributed by atoms with E-state index >= 15 is 0 Å². The van der Waals surface area contributed by atoms with Gasteiger partial charge in [0, 0.05) is 23.8 Å². The molecule has 1 aliphatic rings. The fraction of sp³-hybridized carbons (Fsp3) is 0.567. The minimum absolute atomic E-state index is 0.0164. The quantitative estimate of drug-likeness (QED) is 0.348. The van der Waals surface area contributed by atoms with E-state index in [1.807, 2.05) is 44.2 Å². The van der Waals surface area contributed by atoms with Crippen molar-refractivity contribution in [2.24, 2.45) is 5.92 Å². The summed E-state index contributed by atoms with van der Waals surface area (Å²) in [6, 6.07) is 13.3. The molecule has 1 fully saturated rings. The molecule has 2 amide bonds. The molecular weight excluding hydrogens is 498 g/mol. The third kappa shape index (κ3) is 8.67. The molecule has 1 heterocycles. The number of carbonyl (C=O) groups excluding carboxylic acids is 3. The summed E-state index contributed by atoms with van der Waals surface area (Å²) in [7, 11) is 4.27. The van der Waals surface area contributed by atoms with Gasteiger partial charge in [0.15, 0.2) is 0 Å². The fourth-order valence-electron chi connectivity index (χ4n) is 5.19. The van der Waals surface area contributed by atoms with Crippen LogP contribution in [0, 0.1) is 5.92 Å². The normalized spacial score (nSPS) is 20.2. The zero-order valence-electron chi connectivity index (χ0n) is 23.2. The fourth-order valence-corrected chi connectivity index (χ4v) is 6.25. The van der Waals surface area contributed by atoms with Gasteiger partial charge in [-0.2, -0.15) is 0 Å². The second-order valence-corrected chi connectivity index (χ2v) is 11.9. The molecule has 1 aliphatic carbocycles. The van der Waals surface area contributed by atoms with Crippen molar-refractivity contribution < 1.29 is 19.1 Å². The Kier molecular flexibility index (Phi) is 11.3. The Bertz CT molecular complexity index is 1020. The average molecular weight is 542 g/mol. The van der Waals surface area contributed by atoms with E-state index < -0.39 is 12.0 Å². The number of hydrogen-bond acceptors (Lipinski definition) is 6. The topological polar surface area (TPSA) is 87.7 Å². The zero-order valence-corrected chi connectivity index (χ0v) is 24.0. The van der Waals surface area contributed by atoms with Crippen LogP contribution < -0.4 is 10.6 Å². The van der Waals surface area contributed by atoms with E-state index in [1.54, 1.807) is 11.3 Å². The standard InChI is InChI=1S/C30H43N3O4S/c1-22(2)20-25(29(36)37-21-23-10-6-5-7-11-23)32-28(35)14-8-13-27(34)31-24-15-17-30(18-16-24,33(3)4)26-12-9-19-38-26/h5-7,9-12,19,22,24-25H,8,13-18,20-21H2,1-4H3,(H,31,34)(H,32,35). The van der Waals surface area contributed by atoms with Gasteiger partial charge in [0.1, 0.15) is 12.6 Å². The van der Waals surface area contributed by atoms with E-state index in [1.165, 1.54) is 4.88 Å². The lowest BCUT2D eigenvalue weighted by Crippen LogP contribution is -2.48. The summed E-state index contributed by atoms with van der Waals surface area (Å²) in [5, 5.41) is 8.12. The van der Waals surface area contributed by atoms with Gasteiger partial charge in [-0.1, -0.05) is 50.2 Å². The van der Waals surface area contributed by atoms with Crippen LogP contribution in [-0.2, 0) is 31.3 Å². The van der Waals surface area contributed by atoms with E-state index in [9.17, 15) is 14.4 Å². The molecule has 208 valence electrons. The Morgan fingerprint density at radius 2 is 1.71 bits per heavy atom. The second kappa shape index (κ2) is 14.4. The predicted molar refractivity (Wildman–Crippen MR) is 152 cm³/mol. The summed E-state index contributed by atoms with van der Waals surface area (Å²) in [6.07, 6.45) is 5.31. The summed E-state index contributed by atoms with van der Waals surface area (Å²) in [6.45, 7) is 4.18. The molecule has 0 spiro atoms. The molecule has 1 unspecified atom stereocenters. The van der Waals surface area contributed by atoms with Crippen molar-refractivity contribution in [1.29, 1.82) is 0 Å². The van der Waals surface area contributed by atoms with Crippen LogP contribution in [0.2, 0.25) is 0 Å². The maximum absolute atomic E-state index is 12.7. The first-order valence-electron chi connectivity index (χ1n) is 13.7. The molecule has 1 aromatic carbocycles. The number of carbonyl (C=O) groups is 3. The minimum Gasteiger partial charge on any atom is -0.459 e. The van der Waals surface area contributed by atoms with Gasteiger partial charge >= 0.3 is 5.97 Å². The number of esters is 1. The summed E-state index contributed by atoms with van der Waals surface area (Å²) in [5.74, 6) is -0.457. The van der Waals surface area contributed by atoms with Crippen molar-refractivity contribution >= 4 is 29.1 Å². The average Bonchev–Trinajstić information content (AvgIpc) is 3.43. The number of amides is 2. The first-order valence-corrected chi connectivity index (χ1v) is 14.6. The second-order valence-electron chi connectivity index (χ2n) is 10.9. The highest BCUT2D eigenvalue weighted by molar-refractivity contribution is 7.10. The van der Waals surface area contributed by atoms with E-state index in [0.29, 0.717) is 19.3 Å². The Hall–Kier alpha value is -2.71. The monoisotopic (exact) mass is 541 g/mol. The summed E-state index contributed by atoms with van der Waals surface area (Å²) in [4.78, 5) is 41.5. The first-order chi connectivity index (χ1) is 18.2. The lowest BCUT2D eigenvalue weighted by atomic mass is 9.77. The van der Waals surface area contributed by atoms with Crippen molar-refractivity contribution in [3.05, 3.63) is 58.3 Å². The van der Waals surface area contributed by atoms with Crippen LogP contribution in [0.3, 0.4) is 0 Å². The number of benzene rings is 1. The van der Waals surface area contributed by atoms with Gasteiger partial charge in [0.05, 0.1) is 5.54 Å². The Morgan fingerprint density at radius 1 is 1.03 bits per heavy atom. The summed E-state index contributed by atoms with van der Waals surface area (Å²) < 4.78 is 5.45. The number of hydrogen-bond donors (Lipinski definition) is 2. The lowest BCUT2D eigenvalue weighted by molar-refractivity contribution is -0.149. The van der Waals surface area contributed by atoms with Gasteiger partial charge in [0.2, 0.25) is 11.8 Å². The van der Waals surface area contributed by atoms with Gasteiger partial charge < -0.3 is 15.4 Å². The summed E-state index contributed by atoms with van der Waals surface area (Å²) in [5.41, 5.74) is 0.945. The smallest absolute Gasteiger partial charge is 0.328 e. The Morgan fingerprint density at radius 3 is 2.32 bits per heavy atom. The molecule has 38 heavy (non-hydrogen) atoms. The van der Waals surface area contributed by atoms with Crippen molar-refractivity contribution in [2.75, 3.05) is 14.1 Å². The molecule has 0 radical (unpaired) electrons. The van der Waals surface area contributed by atoms with Crippen LogP contribution in [0.4, 0.5) is 0 Å². The van der Waals surface area contributed by atoms with E-state index in [2.05, 4.69) is 47.1 Å². The Balaban J connectivity index is 1.39. The van der Waals surface area contributed by atoms with E-state index in [4.69, 9.17) is 4.74 Å². The minimum atomic E-state index is -0.692. The lowest BCUT2D eigenvalue weighted by Gasteiger charge is -2.44. The maximum atomic E-state index is 12.7. The van der Waals surface area contributed by atoms with Crippen molar-refractivity contribution in [3.8, 4) is 0 Å². The van der Waals surface area contributed by atoms with Crippen LogP contribution in [0.1, 0.15) is 75.7 Å².